The van der Waals surface area contributed by atoms with Gasteiger partial charge in [-0.05, 0) is 54.0 Å². The SMILES string of the molecule is Ic1ccccc1N=NN1CCCCC1. The quantitative estimate of drug-likeness (QED) is 0.603. The van der Waals surface area contributed by atoms with Crippen LogP contribution in [-0.2, 0) is 0 Å². The van der Waals surface area contributed by atoms with E-state index in [0.29, 0.717) is 0 Å². The Balaban J connectivity index is 2.01. The molecule has 15 heavy (non-hydrogen) atoms. The van der Waals surface area contributed by atoms with Crippen LogP contribution < -0.4 is 0 Å². The van der Waals surface area contributed by atoms with Crippen molar-refractivity contribution in [3.05, 3.63) is 27.8 Å². The molecule has 1 heterocycles. The summed E-state index contributed by atoms with van der Waals surface area (Å²) in [6.45, 7) is 2.10. The third-order valence-corrected chi connectivity index (χ3v) is 3.38. The highest BCUT2D eigenvalue weighted by molar-refractivity contribution is 14.1. The molecule has 0 atom stereocenters. The summed E-state index contributed by atoms with van der Waals surface area (Å²) >= 11 is 2.28. The van der Waals surface area contributed by atoms with E-state index >= 15 is 0 Å². The first-order chi connectivity index (χ1) is 7.36. The van der Waals surface area contributed by atoms with Crippen molar-refractivity contribution < 1.29 is 0 Å². The second kappa shape index (κ2) is 5.44. The van der Waals surface area contributed by atoms with Gasteiger partial charge in [0.25, 0.3) is 0 Å². The molecule has 0 amide bonds. The Morgan fingerprint density at radius 3 is 2.53 bits per heavy atom. The maximum atomic E-state index is 4.27. The van der Waals surface area contributed by atoms with Gasteiger partial charge in [-0.15, -0.1) is 5.11 Å². The van der Waals surface area contributed by atoms with Crippen molar-refractivity contribution in [1.82, 2.24) is 5.01 Å². The second-order valence-electron chi connectivity index (χ2n) is 3.66. The van der Waals surface area contributed by atoms with E-state index in [4.69, 9.17) is 0 Å². The van der Waals surface area contributed by atoms with E-state index < -0.39 is 0 Å². The molecule has 0 spiro atoms. The Morgan fingerprint density at radius 2 is 1.80 bits per heavy atom. The largest absolute Gasteiger partial charge is 0.278 e. The van der Waals surface area contributed by atoms with Crippen LogP contribution >= 0.6 is 22.6 Å². The van der Waals surface area contributed by atoms with Gasteiger partial charge in [-0.2, -0.15) is 0 Å². The van der Waals surface area contributed by atoms with Crippen molar-refractivity contribution in [2.75, 3.05) is 13.1 Å². The zero-order chi connectivity index (χ0) is 10.5. The van der Waals surface area contributed by atoms with Crippen molar-refractivity contribution in [3.8, 4) is 0 Å². The molecule has 4 heteroatoms. The Labute approximate surface area is 104 Å². The van der Waals surface area contributed by atoms with Gasteiger partial charge in [-0.3, -0.25) is 5.01 Å². The normalized spacial score (nSPS) is 17.3. The van der Waals surface area contributed by atoms with Gasteiger partial charge in [0, 0.05) is 16.7 Å². The summed E-state index contributed by atoms with van der Waals surface area (Å²) in [4.78, 5) is 0. The molecule has 80 valence electrons. The molecular weight excluding hydrogens is 301 g/mol. The van der Waals surface area contributed by atoms with Gasteiger partial charge in [0.2, 0.25) is 0 Å². The fraction of sp³-hybridized carbons (Fsp3) is 0.455. The smallest absolute Gasteiger partial charge is 0.101 e. The maximum Gasteiger partial charge on any atom is 0.101 e. The lowest BCUT2D eigenvalue weighted by Crippen LogP contribution is -2.23. The standard InChI is InChI=1S/C11H14IN3/c12-10-6-2-3-7-11(10)13-14-15-8-4-1-5-9-15/h2-3,6-7H,1,4-5,8-9H2. The molecule has 1 saturated heterocycles. The third-order valence-electron chi connectivity index (χ3n) is 2.46. The molecule has 0 N–H and O–H groups in total. The molecule has 0 saturated carbocycles. The Bertz CT molecular complexity index is 345. The number of hydrogen-bond donors (Lipinski definition) is 0. The van der Waals surface area contributed by atoms with E-state index in [2.05, 4.69) is 37.9 Å². The maximum absolute atomic E-state index is 4.27. The molecule has 1 aromatic rings. The van der Waals surface area contributed by atoms with Crippen LogP contribution in [0.15, 0.2) is 34.6 Å². The van der Waals surface area contributed by atoms with Crippen LogP contribution in [0.2, 0.25) is 0 Å². The van der Waals surface area contributed by atoms with Gasteiger partial charge in [-0.1, -0.05) is 17.4 Å². The minimum absolute atomic E-state index is 0.962. The average Bonchev–Trinajstić information content (AvgIpc) is 2.29. The van der Waals surface area contributed by atoms with Crippen LogP contribution in [0.4, 0.5) is 5.69 Å². The van der Waals surface area contributed by atoms with E-state index in [-0.39, 0.29) is 0 Å². The van der Waals surface area contributed by atoms with E-state index in [9.17, 15) is 0 Å². The molecule has 0 unspecified atom stereocenters. The summed E-state index contributed by atoms with van der Waals surface area (Å²) in [7, 11) is 0. The van der Waals surface area contributed by atoms with Gasteiger partial charge in [0.05, 0.1) is 0 Å². The minimum Gasteiger partial charge on any atom is -0.278 e. The van der Waals surface area contributed by atoms with Gasteiger partial charge < -0.3 is 0 Å². The first-order valence-corrected chi connectivity index (χ1v) is 6.35. The van der Waals surface area contributed by atoms with E-state index in [0.717, 1.165) is 22.3 Å². The van der Waals surface area contributed by atoms with Crippen molar-refractivity contribution in [1.29, 1.82) is 0 Å². The number of nitrogens with zero attached hydrogens (tertiary/aromatic N) is 3. The summed E-state index contributed by atoms with van der Waals surface area (Å²) in [5.41, 5.74) is 0.962. The van der Waals surface area contributed by atoms with Crippen molar-refractivity contribution in [2.45, 2.75) is 19.3 Å². The van der Waals surface area contributed by atoms with E-state index in [1.807, 2.05) is 24.3 Å². The summed E-state index contributed by atoms with van der Waals surface area (Å²) in [5.74, 6) is 0. The highest BCUT2D eigenvalue weighted by atomic mass is 127. The number of halogens is 1. The van der Waals surface area contributed by atoms with Crippen LogP contribution in [0, 0.1) is 3.57 Å². The first-order valence-electron chi connectivity index (χ1n) is 5.27. The molecule has 0 radical (unpaired) electrons. The molecule has 1 aliphatic rings. The highest BCUT2D eigenvalue weighted by Crippen LogP contribution is 2.21. The summed E-state index contributed by atoms with van der Waals surface area (Å²) in [5, 5.41) is 10.6. The van der Waals surface area contributed by atoms with Crippen molar-refractivity contribution in [3.63, 3.8) is 0 Å². The number of benzene rings is 1. The number of hydrogen-bond acceptors (Lipinski definition) is 2. The average molecular weight is 315 g/mol. The summed E-state index contributed by atoms with van der Waals surface area (Å²) in [6, 6.07) is 8.05. The third kappa shape index (κ3) is 3.15. The molecule has 0 bridgehead atoms. The van der Waals surface area contributed by atoms with Crippen LogP contribution in [0.1, 0.15) is 19.3 Å². The lowest BCUT2D eigenvalue weighted by molar-refractivity contribution is 0.224. The molecule has 1 aromatic carbocycles. The van der Waals surface area contributed by atoms with E-state index in [1.165, 1.54) is 19.3 Å². The highest BCUT2D eigenvalue weighted by Gasteiger charge is 2.07. The predicted octanol–water partition coefficient (Wildman–Crippen LogP) is 3.78. The monoisotopic (exact) mass is 315 g/mol. The molecule has 0 aromatic heterocycles. The number of rotatable bonds is 2. The van der Waals surface area contributed by atoms with Gasteiger partial charge in [0.1, 0.15) is 5.69 Å². The molecule has 0 aliphatic carbocycles. The Hall–Kier alpha value is -0.650. The molecule has 1 aliphatic heterocycles. The molecule has 3 nitrogen and oxygen atoms in total. The summed E-state index contributed by atoms with van der Waals surface area (Å²) < 4.78 is 1.15. The van der Waals surface area contributed by atoms with E-state index in [1.54, 1.807) is 0 Å². The van der Waals surface area contributed by atoms with Crippen LogP contribution in [0.5, 0.6) is 0 Å². The summed E-state index contributed by atoms with van der Waals surface area (Å²) in [6.07, 6.45) is 3.81. The second-order valence-corrected chi connectivity index (χ2v) is 4.82. The molecule has 2 rings (SSSR count). The lowest BCUT2D eigenvalue weighted by atomic mass is 10.2. The van der Waals surface area contributed by atoms with Gasteiger partial charge in [0.15, 0.2) is 0 Å². The van der Waals surface area contributed by atoms with Crippen molar-refractivity contribution in [2.24, 2.45) is 10.3 Å². The molecular formula is C11H14IN3. The topological polar surface area (TPSA) is 28.0 Å². The van der Waals surface area contributed by atoms with Gasteiger partial charge >= 0.3 is 0 Å². The lowest BCUT2D eigenvalue weighted by Gasteiger charge is -2.21. The Morgan fingerprint density at radius 1 is 1.07 bits per heavy atom. The zero-order valence-electron chi connectivity index (χ0n) is 8.56. The number of piperidine rings is 1. The predicted molar refractivity (Wildman–Crippen MR) is 69.1 cm³/mol. The van der Waals surface area contributed by atoms with Crippen LogP contribution in [0.25, 0.3) is 0 Å². The minimum atomic E-state index is 0.962. The van der Waals surface area contributed by atoms with Gasteiger partial charge in [-0.25, -0.2) is 0 Å². The van der Waals surface area contributed by atoms with Crippen LogP contribution in [-0.4, -0.2) is 18.1 Å². The first kappa shape index (κ1) is 10.9. The molecule has 1 fully saturated rings. The van der Waals surface area contributed by atoms with Crippen molar-refractivity contribution >= 4 is 28.3 Å². The van der Waals surface area contributed by atoms with Crippen LogP contribution in [0.3, 0.4) is 0 Å². The fourth-order valence-corrected chi connectivity index (χ4v) is 2.11. The fourth-order valence-electron chi connectivity index (χ4n) is 1.61. The Kier molecular flexibility index (Phi) is 3.94. The zero-order valence-corrected chi connectivity index (χ0v) is 10.7.